The van der Waals surface area contributed by atoms with Gasteiger partial charge in [-0.1, -0.05) is 38.6 Å². The number of hydrogen-bond acceptors (Lipinski definition) is 6. The molecule has 0 radical (unpaired) electrons. The van der Waals surface area contributed by atoms with Crippen molar-refractivity contribution in [1.29, 1.82) is 0 Å². The smallest absolute Gasteiger partial charge is 0.247 e. The molecule has 0 bridgehead atoms. The molecule has 0 spiro atoms. The number of carbonyl (C=O) groups is 3. The molecule has 2 amide bonds. The van der Waals surface area contributed by atoms with Crippen LogP contribution in [0.1, 0.15) is 33.3 Å². The van der Waals surface area contributed by atoms with Crippen LogP contribution in [0.5, 0.6) is 0 Å². The van der Waals surface area contributed by atoms with Crippen LogP contribution in [-0.2, 0) is 24.4 Å². The molecule has 0 unspecified atom stereocenters. The molecule has 1 fully saturated rings. The van der Waals surface area contributed by atoms with Gasteiger partial charge >= 0.3 is 0 Å². The van der Waals surface area contributed by atoms with Crippen molar-refractivity contribution < 1.29 is 22.8 Å². The number of benzene rings is 1. The lowest BCUT2D eigenvalue weighted by atomic mass is 9.91. The molecule has 2 rings (SSSR count). The van der Waals surface area contributed by atoms with Gasteiger partial charge in [-0.25, -0.2) is 12.7 Å². The number of carbonyl (C=O) groups excluding carboxylic acids is 3. The monoisotopic (exact) mass is 467 g/mol. The van der Waals surface area contributed by atoms with Crippen molar-refractivity contribution in [3.8, 4) is 0 Å². The number of hydrogen-bond donors (Lipinski definition) is 1. The molecule has 1 atom stereocenters. The van der Waals surface area contributed by atoms with Crippen molar-refractivity contribution >= 4 is 45.1 Å². The number of ketones is 1. The fourth-order valence-electron chi connectivity index (χ4n) is 2.71. The Morgan fingerprint density at radius 1 is 1.26 bits per heavy atom. The zero-order valence-electron chi connectivity index (χ0n) is 18.8. The summed E-state index contributed by atoms with van der Waals surface area (Å²) in [6.07, 6.45) is 1.41. The molecule has 8 nitrogen and oxygen atoms in total. The van der Waals surface area contributed by atoms with Crippen LogP contribution < -0.4 is 5.32 Å². The molecule has 10 heteroatoms. The average molecular weight is 468 g/mol. The van der Waals surface area contributed by atoms with E-state index in [0.29, 0.717) is 16.3 Å². The van der Waals surface area contributed by atoms with Gasteiger partial charge in [-0.3, -0.25) is 19.3 Å². The predicted molar refractivity (Wildman–Crippen MR) is 122 cm³/mol. The number of anilines is 1. The first-order valence-electron chi connectivity index (χ1n) is 9.71. The Hall–Kier alpha value is -2.17. The molecule has 1 aromatic rings. The van der Waals surface area contributed by atoms with Crippen LogP contribution in [0, 0.1) is 12.3 Å². The highest BCUT2D eigenvalue weighted by Gasteiger charge is 2.36. The summed E-state index contributed by atoms with van der Waals surface area (Å²) in [5, 5.41) is 3.16. The fourth-order valence-corrected chi connectivity index (χ4v) is 4.63. The third-order valence-electron chi connectivity index (χ3n) is 4.86. The summed E-state index contributed by atoms with van der Waals surface area (Å²) in [6, 6.07) is 3.61. The zero-order valence-corrected chi connectivity index (χ0v) is 20.5. The van der Waals surface area contributed by atoms with Crippen LogP contribution in [-0.4, -0.2) is 61.1 Å². The van der Waals surface area contributed by atoms with E-state index in [-0.39, 0.29) is 22.3 Å². The molecule has 1 aliphatic rings. The first-order valence-corrected chi connectivity index (χ1v) is 12.1. The SMILES string of the molecule is Cc1ccc(S(=O)(=O)N(C)C)cc1NC(=O)[C@@H](C)N1C(=O)CS/C1=C\C(=O)C(C)(C)C. The summed E-state index contributed by atoms with van der Waals surface area (Å²) < 4.78 is 25.9. The second kappa shape index (κ2) is 9.13. The van der Waals surface area contributed by atoms with Crippen LogP contribution in [0.2, 0.25) is 0 Å². The van der Waals surface area contributed by atoms with E-state index in [1.165, 1.54) is 49.0 Å². The second-order valence-electron chi connectivity index (χ2n) is 8.58. The number of thioether (sulfide) groups is 1. The number of nitrogens with one attached hydrogen (secondary N) is 1. The summed E-state index contributed by atoms with van der Waals surface area (Å²) in [5.41, 5.74) is 0.417. The van der Waals surface area contributed by atoms with E-state index in [1.54, 1.807) is 40.7 Å². The summed E-state index contributed by atoms with van der Waals surface area (Å²) in [6.45, 7) is 8.67. The minimum atomic E-state index is -3.67. The highest BCUT2D eigenvalue weighted by molar-refractivity contribution is 8.04. The van der Waals surface area contributed by atoms with E-state index < -0.39 is 27.4 Å². The van der Waals surface area contributed by atoms with Crippen molar-refractivity contribution in [3.63, 3.8) is 0 Å². The van der Waals surface area contributed by atoms with Gasteiger partial charge in [0.2, 0.25) is 21.8 Å². The van der Waals surface area contributed by atoms with E-state index >= 15 is 0 Å². The zero-order chi connectivity index (χ0) is 23.7. The lowest BCUT2D eigenvalue weighted by Crippen LogP contribution is -2.42. The molecule has 31 heavy (non-hydrogen) atoms. The van der Waals surface area contributed by atoms with Gasteiger partial charge in [0.05, 0.1) is 15.7 Å². The standard InChI is InChI=1S/C21H29N3O5S2/c1-13-8-9-15(31(28,29)23(6)7)10-16(13)22-20(27)14(2)24-18(26)12-30-19(24)11-17(25)21(3,4)5/h8-11,14H,12H2,1-7H3,(H,22,27)/b19-11-/t14-/m1/s1. The van der Waals surface area contributed by atoms with Gasteiger partial charge in [-0.05, 0) is 31.5 Å². The molecule has 1 aromatic carbocycles. The maximum Gasteiger partial charge on any atom is 0.247 e. The number of rotatable bonds is 6. The summed E-state index contributed by atoms with van der Waals surface area (Å²) in [5.74, 6) is -0.732. The first kappa shape index (κ1) is 25.1. The van der Waals surface area contributed by atoms with Crippen molar-refractivity contribution in [2.75, 3.05) is 25.2 Å². The van der Waals surface area contributed by atoms with E-state index in [9.17, 15) is 22.8 Å². The number of amides is 2. The van der Waals surface area contributed by atoms with E-state index in [2.05, 4.69) is 5.32 Å². The lowest BCUT2D eigenvalue weighted by molar-refractivity contribution is -0.132. The maximum atomic E-state index is 12.9. The van der Waals surface area contributed by atoms with Crippen LogP contribution in [0.3, 0.4) is 0 Å². The quantitative estimate of drug-likeness (QED) is 0.645. The number of nitrogens with zero attached hydrogens (tertiary/aromatic N) is 2. The van der Waals surface area contributed by atoms with Crippen LogP contribution >= 0.6 is 11.8 Å². The molecule has 0 aliphatic carbocycles. The van der Waals surface area contributed by atoms with E-state index in [0.717, 1.165) is 4.31 Å². The molecule has 1 N–H and O–H groups in total. The normalized spacial score (nSPS) is 17.4. The van der Waals surface area contributed by atoms with Crippen molar-refractivity contribution in [3.05, 3.63) is 34.9 Å². The highest BCUT2D eigenvalue weighted by Crippen LogP contribution is 2.33. The lowest BCUT2D eigenvalue weighted by Gasteiger charge is -2.25. The minimum absolute atomic E-state index is 0.0511. The molecule has 170 valence electrons. The van der Waals surface area contributed by atoms with Gasteiger partial charge in [0, 0.05) is 31.3 Å². The molecule has 1 saturated heterocycles. The Morgan fingerprint density at radius 2 is 1.87 bits per heavy atom. The predicted octanol–water partition coefficient (Wildman–Crippen LogP) is 2.60. The van der Waals surface area contributed by atoms with Gasteiger partial charge < -0.3 is 5.32 Å². The molecule has 0 saturated carbocycles. The number of aryl methyl sites for hydroxylation is 1. The fraction of sp³-hybridized carbons (Fsp3) is 0.476. The molecule has 0 aromatic heterocycles. The Morgan fingerprint density at radius 3 is 2.42 bits per heavy atom. The third kappa shape index (κ3) is 5.55. The van der Waals surface area contributed by atoms with Crippen molar-refractivity contribution in [1.82, 2.24) is 9.21 Å². The van der Waals surface area contributed by atoms with Crippen LogP contribution in [0.4, 0.5) is 5.69 Å². The van der Waals surface area contributed by atoms with Crippen molar-refractivity contribution in [2.24, 2.45) is 5.41 Å². The van der Waals surface area contributed by atoms with Gasteiger partial charge in [0.25, 0.3) is 0 Å². The van der Waals surface area contributed by atoms with Gasteiger partial charge in [-0.2, -0.15) is 0 Å². The Labute approximate surface area is 188 Å². The summed E-state index contributed by atoms with van der Waals surface area (Å²) in [7, 11) is -0.806. The van der Waals surface area contributed by atoms with E-state index in [1.807, 2.05) is 0 Å². The molecule has 1 heterocycles. The Kier molecular flexibility index (Phi) is 7.39. The Bertz CT molecular complexity index is 1040. The van der Waals surface area contributed by atoms with Gasteiger partial charge in [0.1, 0.15) is 6.04 Å². The average Bonchev–Trinajstić information content (AvgIpc) is 3.01. The highest BCUT2D eigenvalue weighted by atomic mass is 32.2. The van der Waals surface area contributed by atoms with Gasteiger partial charge in [-0.15, -0.1) is 0 Å². The summed E-state index contributed by atoms with van der Waals surface area (Å²) in [4.78, 5) is 39.1. The molecule has 1 aliphatic heterocycles. The molecular formula is C21H29N3O5S2. The number of allylic oxidation sites excluding steroid dienone is 1. The van der Waals surface area contributed by atoms with E-state index in [4.69, 9.17) is 0 Å². The minimum Gasteiger partial charge on any atom is -0.324 e. The van der Waals surface area contributed by atoms with Crippen LogP contribution in [0.25, 0.3) is 0 Å². The topological polar surface area (TPSA) is 104 Å². The second-order valence-corrected chi connectivity index (χ2v) is 11.7. The molecular weight excluding hydrogens is 438 g/mol. The third-order valence-corrected chi connectivity index (χ3v) is 7.67. The first-order chi connectivity index (χ1) is 14.2. The maximum absolute atomic E-state index is 12.9. The van der Waals surface area contributed by atoms with Crippen molar-refractivity contribution in [2.45, 2.75) is 45.6 Å². The number of sulfonamides is 1. The summed E-state index contributed by atoms with van der Waals surface area (Å²) >= 11 is 1.22. The largest absolute Gasteiger partial charge is 0.324 e. The van der Waals surface area contributed by atoms with Crippen LogP contribution in [0.15, 0.2) is 34.2 Å². The van der Waals surface area contributed by atoms with Gasteiger partial charge in [0.15, 0.2) is 5.78 Å². The Balaban J connectivity index is 2.30.